The van der Waals surface area contributed by atoms with E-state index in [4.69, 9.17) is 0 Å². The van der Waals surface area contributed by atoms with Gasteiger partial charge >= 0.3 is 0 Å². The molecule has 0 radical (unpaired) electrons. The molecular formula is C18H15N5O4. The van der Waals surface area contributed by atoms with E-state index in [9.17, 15) is 20.2 Å². The van der Waals surface area contributed by atoms with Gasteiger partial charge in [-0.3, -0.25) is 25.2 Å². The molecule has 1 aromatic heterocycles. The summed E-state index contributed by atoms with van der Waals surface area (Å²) < 4.78 is 1.63. The van der Waals surface area contributed by atoms with Crippen molar-refractivity contribution in [3.63, 3.8) is 0 Å². The van der Waals surface area contributed by atoms with Gasteiger partial charge in [0, 0.05) is 24.4 Å². The normalized spacial score (nSPS) is 11.0. The third-order valence-corrected chi connectivity index (χ3v) is 4.02. The molecule has 2 aromatic carbocycles. The monoisotopic (exact) mass is 365 g/mol. The maximum absolute atomic E-state index is 11.1. The largest absolute Gasteiger partial charge is 0.278 e. The molecule has 3 rings (SSSR count). The van der Waals surface area contributed by atoms with E-state index in [1.807, 2.05) is 6.92 Å². The van der Waals surface area contributed by atoms with E-state index in [0.29, 0.717) is 22.6 Å². The molecule has 0 saturated heterocycles. The summed E-state index contributed by atoms with van der Waals surface area (Å²) in [6.45, 7) is 3.59. The van der Waals surface area contributed by atoms with E-state index in [0.717, 1.165) is 5.69 Å². The molecule has 0 aliphatic rings. The number of aliphatic imine (C=N–C) groups is 1. The Hall–Kier alpha value is -3.88. The minimum absolute atomic E-state index is 0.00471. The lowest BCUT2D eigenvalue weighted by Crippen LogP contribution is -1.99. The Morgan fingerprint density at radius 2 is 1.67 bits per heavy atom. The standard InChI is InChI=1S/C18H15N5O4/c1-12-18(19-11-14-5-3-4-6-17(14)23(26)27)13(2)21(20-12)15-7-9-16(10-8-15)22(24)25/h3-11H,1-2H3. The predicted molar refractivity (Wildman–Crippen MR) is 100 cm³/mol. The van der Waals surface area contributed by atoms with Crippen LogP contribution in [0.2, 0.25) is 0 Å². The van der Waals surface area contributed by atoms with Crippen LogP contribution in [0.1, 0.15) is 17.0 Å². The second-order valence-corrected chi connectivity index (χ2v) is 5.78. The Morgan fingerprint density at radius 1 is 1.00 bits per heavy atom. The number of nitro benzene ring substituents is 2. The molecule has 0 unspecified atom stereocenters. The van der Waals surface area contributed by atoms with Crippen molar-refractivity contribution in [1.82, 2.24) is 9.78 Å². The smallest absolute Gasteiger partial charge is 0.258 e. The molecule has 0 saturated carbocycles. The van der Waals surface area contributed by atoms with Crippen LogP contribution in [0, 0.1) is 34.1 Å². The summed E-state index contributed by atoms with van der Waals surface area (Å²) in [5.74, 6) is 0. The summed E-state index contributed by atoms with van der Waals surface area (Å²) in [6, 6.07) is 12.4. The summed E-state index contributed by atoms with van der Waals surface area (Å²) in [5.41, 5.74) is 2.97. The Balaban J connectivity index is 1.97. The molecule has 3 aromatic rings. The highest BCUT2D eigenvalue weighted by Gasteiger charge is 2.15. The predicted octanol–water partition coefficient (Wildman–Crippen LogP) is 4.06. The lowest BCUT2D eigenvalue weighted by atomic mass is 10.2. The number of aromatic nitrogens is 2. The molecule has 0 aliphatic carbocycles. The summed E-state index contributed by atoms with van der Waals surface area (Å²) in [5, 5.41) is 26.3. The summed E-state index contributed by atoms with van der Waals surface area (Å²) >= 11 is 0. The number of para-hydroxylation sites is 1. The van der Waals surface area contributed by atoms with Crippen molar-refractivity contribution in [2.24, 2.45) is 4.99 Å². The third kappa shape index (κ3) is 3.56. The maximum Gasteiger partial charge on any atom is 0.278 e. The summed E-state index contributed by atoms with van der Waals surface area (Å²) in [7, 11) is 0. The fraction of sp³-hybridized carbons (Fsp3) is 0.111. The Labute approximate surface area is 153 Å². The van der Waals surface area contributed by atoms with Crippen LogP contribution >= 0.6 is 0 Å². The average Bonchev–Trinajstić information content (AvgIpc) is 2.94. The molecule has 1 heterocycles. The average molecular weight is 365 g/mol. The molecule has 0 amide bonds. The van der Waals surface area contributed by atoms with Crippen LogP contribution in [0.5, 0.6) is 0 Å². The first-order chi connectivity index (χ1) is 12.9. The van der Waals surface area contributed by atoms with Crippen molar-refractivity contribution in [3.05, 3.63) is 85.7 Å². The zero-order chi connectivity index (χ0) is 19.6. The van der Waals surface area contributed by atoms with E-state index in [1.54, 1.807) is 41.9 Å². The topological polar surface area (TPSA) is 116 Å². The molecule has 0 atom stereocenters. The van der Waals surface area contributed by atoms with Crippen molar-refractivity contribution in [2.45, 2.75) is 13.8 Å². The second-order valence-electron chi connectivity index (χ2n) is 5.78. The Kier molecular flexibility index (Phi) is 4.75. The van der Waals surface area contributed by atoms with E-state index in [-0.39, 0.29) is 11.4 Å². The molecule has 0 fully saturated rings. The lowest BCUT2D eigenvalue weighted by molar-refractivity contribution is -0.385. The number of nitro groups is 2. The molecule has 0 spiro atoms. The van der Waals surface area contributed by atoms with Gasteiger partial charge in [-0.15, -0.1) is 0 Å². The number of nitrogens with zero attached hydrogens (tertiary/aromatic N) is 5. The van der Waals surface area contributed by atoms with Crippen molar-refractivity contribution in [1.29, 1.82) is 0 Å². The van der Waals surface area contributed by atoms with Crippen molar-refractivity contribution in [2.75, 3.05) is 0 Å². The van der Waals surface area contributed by atoms with E-state index in [1.165, 1.54) is 24.4 Å². The van der Waals surface area contributed by atoms with Crippen LogP contribution in [-0.4, -0.2) is 25.8 Å². The van der Waals surface area contributed by atoms with Gasteiger partial charge in [-0.05, 0) is 32.0 Å². The fourth-order valence-corrected chi connectivity index (χ4v) is 2.69. The molecule has 9 heteroatoms. The van der Waals surface area contributed by atoms with Gasteiger partial charge in [0.05, 0.1) is 32.5 Å². The SMILES string of the molecule is Cc1nn(-c2ccc([N+](=O)[O-])cc2)c(C)c1N=Cc1ccccc1[N+](=O)[O-]. The van der Waals surface area contributed by atoms with Gasteiger partial charge in [-0.25, -0.2) is 4.68 Å². The Morgan fingerprint density at radius 3 is 2.30 bits per heavy atom. The summed E-state index contributed by atoms with van der Waals surface area (Å²) in [4.78, 5) is 25.4. The van der Waals surface area contributed by atoms with Crippen molar-refractivity contribution in [3.8, 4) is 5.69 Å². The van der Waals surface area contributed by atoms with Crippen molar-refractivity contribution < 1.29 is 9.85 Å². The van der Waals surface area contributed by atoms with E-state index < -0.39 is 9.85 Å². The molecule has 0 N–H and O–H groups in total. The van der Waals surface area contributed by atoms with Gasteiger partial charge in [-0.1, -0.05) is 12.1 Å². The zero-order valence-corrected chi connectivity index (χ0v) is 14.6. The van der Waals surface area contributed by atoms with E-state index >= 15 is 0 Å². The van der Waals surface area contributed by atoms with Crippen LogP contribution in [0.3, 0.4) is 0 Å². The fourth-order valence-electron chi connectivity index (χ4n) is 2.69. The van der Waals surface area contributed by atoms with Gasteiger partial charge in [0.15, 0.2) is 0 Å². The minimum atomic E-state index is -0.465. The van der Waals surface area contributed by atoms with E-state index in [2.05, 4.69) is 10.1 Å². The Bertz CT molecular complexity index is 1050. The molecule has 136 valence electrons. The van der Waals surface area contributed by atoms with Crippen LogP contribution in [0.4, 0.5) is 17.1 Å². The number of non-ortho nitro benzene ring substituents is 1. The molecule has 0 bridgehead atoms. The number of hydrogen-bond acceptors (Lipinski definition) is 6. The number of benzene rings is 2. The molecular weight excluding hydrogens is 350 g/mol. The quantitative estimate of drug-likeness (QED) is 0.384. The first-order valence-electron chi connectivity index (χ1n) is 7.97. The zero-order valence-electron chi connectivity index (χ0n) is 14.6. The highest BCUT2D eigenvalue weighted by atomic mass is 16.6. The first kappa shape index (κ1) is 17.9. The molecule has 0 aliphatic heterocycles. The van der Waals surface area contributed by atoms with Gasteiger partial charge in [0.1, 0.15) is 5.69 Å². The van der Waals surface area contributed by atoms with Gasteiger partial charge < -0.3 is 0 Å². The number of hydrogen-bond donors (Lipinski definition) is 0. The highest BCUT2D eigenvalue weighted by Crippen LogP contribution is 2.27. The lowest BCUT2D eigenvalue weighted by Gasteiger charge is -2.03. The van der Waals surface area contributed by atoms with Crippen LogP contribution < -0.4 is 0 Å². The third-order valence-electron chi connectivity index (χ3n) is 4.02. The van der Waals surface area contributed by atoms with Gasteiger partial charge in [0.25, 0.3) is 11.4 Å². The molecule has 27 heavy (non-hydrogen) atoms. The first-order valence-corrected chi connectivity index (χ1v) is 7.97. The van der Waals surface area contributed by atoms with Gasteiger partial charge in [0.2, 0.25) is 0 Å². The summed E-state index contributed by atoms with van der Waals surface area (Å²) in [6.07, 6.45) is 1.44. The van der Waals surface area contributed by atoms with Crippen molar-refractivity contribution >= 4 is 23.3 Å². The number of rotatable bonds is 5. The minimum Gasteiger partial charge on any atom is -0.258 e. The van der Waals surface area contributed by atoms with Gasteiger partial charge in [-0.2, -0.15) is 5.10 Å². The molecule has 9 nitrogen and oxygen atoms in total. The van der Waals surface area contributed by atoms with Crippen LogP contribution in [0.15, 0.2) is 53.5 Å². The maximum atomic E-state index is 11.1. The second kappa shape index (κ2) is 7.16. The van der Waals surface area contributed by atoms with Crippen LogP contribution in [-0.2, 0) is 0 Å². The highest BCUT2D eigenvalue weighted by molar-refractivity contribution is 5.87. The van der Waals surface area contributed by atoms with Crippen LogP contribution in [0.25, 0.3) is 5.69 Å². The number of aryl methyl sites for hydroxylation is 1.